The van der Waals surface area contributed by atoms with Crippen molar-refractivity contribution < 1.29 is 14.8 Å². The van der Waals surface area contributed by atoms with E-state index < -0.39 is 16.4 Å². The minimum absolute atomic E-state index is 0.00190. The van der Waals surface area contributed by atoms with Gasteiger partial charge in [-0.1, -0.05) is 6.07 Å². The number of hydrogen-bond acceptors (Lipinski definition) is 4. The van der Waals surface area contributed by atoms with E-state index in [-0.39, 0.29) is 17.5 Å². The molecule has 0 saturated carbocycles. The van der Waals surface area contributed by atoms with E-state index in [0.717, 1.165) is 12.8 Å². The van der Waals surface area contributed by atoms with Gasteiger partial charge in [-0.25, -0.2) is 0 Å². The molecular formula is C12H14N2O4. The van der Waals surface area contributed by atoms with Crippen LogP contribution in [0.15, 0.2) is 18.2 Å². The van der Waals surface area contributed by atoms with Gasteiger partial charge in [0, 0.05) is 18.7 Å². The Morgan fingerprint density at radius 3 is 2.83 bits per heavy atom. The standard InChI is InChI=1S/C12H14N2O4/c1-8-4-3-7-13(8)12(16)9-5-2-6-10(11(9)15)14(17)18/h2,5-6,8,15H,3-4,7H2,1H3. The molecule has 1 aromatic rings. The van der Waals surface area contributed by atoms with E-state index in [0.29, 0.717) is 6.54 Å². The van der Waals surface area contributed by atoms with Crippen molar-refractivity contribution in [2.45, 2.75) is 25.8 Å². The SMILES string of the molecule is CC1CCCN1C(=O)c1cccc([N+](=O)[O-])c1O. The van der Waals surface area contributed by atoms with Gasteiger partial charge in [-0.05, 0) is 25.8 Å². The lowest BCUT2D eigenvalue weighted by molar-refractivity contribution is -0.385. The fraction of sp³-hybridized carbons (Fsp3) is 0.417. The van der Waals surface area contributed by atoms with E-state index in [9.17, 15) is 20.0 Å². The summed E-state index contributed by atoms with van der Waals surface area (Å²) in [7, 11) is 0. The zero-order chi connectivity index (χ0) is 13.3. The quantitative estimate of drug-likeness (QED) is 0.642. The van der Waals surface area contributed by atoms with Crippen molar-refractivity contribution in [3.05, 3.63) is 33.9 Å². The maximum Gasteiger partial charge on any atom is 0.311 e. The van der Waals surface area contributed by atoms with Crippen LogP contribution in [0, 0.1) is 10.1 Å². The average molecular weight is 250 g/mol. The van der Waals surface area contributed by atoms with Crippen molar-refractivity contribution in [2.75, 3.05) is 6.54 Å². The number of nitrogens with zero attached hydrogens (tertiary/aromatic N) is 2. The molecule has 1 unspecified atom stereocenters. The van der Waals surface area contributed by atoms with Gasteiger partial charge in [0.15, 0.2) is 0 Å². The van der Waals surface area contributed by atoms with Gasteiger partial charge in [-0.15, -0.1) is 0 Å². The maximum absolute atomic E-state index is 12.2. The molecule has 2 rings (SSSR count). The molecule has 6 nitrogen and oxygen atoms in total. The summed E-state index contributed by atoms with van der Waals surface area (Å²) in [5, 5.41) is 20.5. The summed E-state index contributed by atoms with van der Waals surface area (Å²) in [6.07, 6.45) is 1.84. The second-order valence-electron chi connectivity index (χ2n) is 4.42. The zero-order valence-electron chi connectivity index (χ0n) is 10.00. The summed E-state index contributed by atoms with van der Waals surface area (Å²) >= 11 is 0. The Morgan fingerprint density at radius 2 is 2.28 bits per heavy atom. The molecule has 0 bridgehead atoms. The zero-order valence-corrected chi connectivity index (χ0v) is 10.00. The average Bonchev–Trinajstić information content (AvgIpc) is 2.74. The number of hydrogen-bond donors (Lipinski definition) is 1. The number of para-hydroxylation sites is 1. The number of benzene rings is 1. The Labute approximate surface area is 104 Å². The minimum atomic E-state index is -0.695. The number of nitro benzene ring substituents is 1. The summed E-state index contributed by atoms with van der Waals surface area (Å²) in [5.41, 5.74) is -0.439. The summed E-state index contributed by atoms with van der Waals surface area (Å²) in [6.45, 7) is 2.56. The Morgan fingerprint density at radius 1 is 1.56 bits per heavy atom. The Bertz CT molecular complexity index is 501. The Balaban J connectivity index is 2.36. The molecular weight excluding hydrogens is 236 g/mol. The van der Waals surface area contributed by atoms with E-state index in [4.69, 9.17) is 0 Å². The number of phenolic OH excluding ortho intramolecular Hbond substituents is 1. The van der Waals surface area contributed by atoms with Gasteiger partial charge in [0.1, 0.15) is 0 Å². The number of nitro groups is 1. The van der Waals surface area contributed by atoms with Gasteiger partial charge in [0.2, 0.25) is 5.75 Å². The molecule has 0 radical (unpaired) electrons. The summed E-state index contributed by atoms with van der Waals surface area (Å²) in [5.74, 6) is -0.896. The number of rotatable bonds is 2. The van der Waals surface area contributed by atoms with Gasteiger partial charge < -0.3 is 10.0 Å². The number of phenols is 1. The first-order valence-corrected chi connectivity index (χ1v) is 5.79. The molecule has 1 amide bonds. The van der Waals surface area contributed by atoms with Crippen molar-refractivity contribution >= 4 is 11.6 Å². The molecule has 1 aromatic carbocycles. The highest BCUT2D eigenvalue weighted by atomic mass is 16.6. The second-order valence-corrected chi connectivity index (χ2v) is 4.42. The third-order valence-electron chi connectivity index (χ3n) is 3.26. The molecule has 0 spiro atoms. The van der Waals surface area contributed by atoms with Crippen LogP contribution in [0.1, 0.15) is 30.1 Å². The van der Waals surface area contributed by atoms with Gasteiger partial charge in [0.25, 0.3) is 5.91 Å². The Hall–Kier alpha value is -2.11. The molecule has 1 saturated heterocycles. The molecule has 1 aliphatic heterocycles. The van der Waals surface area contributed by atoms with Crippen LogP contribution in [-0.2, 0) is 0 Å². The number of carbonyl (C=O) groups excluding carboxylic acids is 1. The van der Waals surface area contributed by atoms with Gasteiger partial charge in [-0.2, -0.15) is 0 Å². The smallest absolute Gasteiger partial charge is 0.311 e. The molecule has 1 N–H and O–H groups in total. The third kappa shape index (κ3) is 2.01. The van der Waals surface area contributed by atoms with Crippen LogP contribution in [0.4, 0.5) is 5.69 Å². The van der Waals surface area contributed by atoms with Gasteiger partial charge in [0.05, 0.1) is 10.5 Å². The molecule has 1 fully saturated rings. The third-order valence-corrected chi connectivity index (χ3v) is 3.26. The van der Waals surface area contributed by atoms with Crippen molar-refractivity contribution in [2.24, 2.45) is 0 Å². The number of aromatic hydroxyl groups is 1. The lowest BCUT2D eigenvalue weighted by Crippen LogP contribution is -2.33. The first kappa shape index (κ1) is 12.3. The van der Waals surface area contributed by atoms with Crippen LogP contribution in [0.5, 0.6) is 5.75 Å². The van der Waals surface area contributed by atoms with Crippen LogP contribution in [-0.4, -0.2) is 33.4 Å². The van der Waals surface area contributed by atoms with E-state index >= 15 is 0 Å². The van der Waals surface area contributed by atoms with Gasteiger partial charge in [-0.3, -0.25) is 14.9 Å². The van der Waals surface area contributed by atoms with Crippen LogP contribution in [0.2, 0.25) is 0 Å². The minimum Gasteiger partial charge on any atom is -0.502 e. The first-order valence-electron chi connectivity index (χ1n) is 5.79. The van der Waals surface area contributed by atoms with E-state index in [2.05, 4.69) is 0 Å². The van der Waals surface area contributed by atoms with Crippen molar-refractivity contribution in [1.29, 1.82) is 0 Å². The maximum atomic E-state index is 12.2. The monoisotopic (exact) mass is 250 g/mol. The first-order chi connectivity index (χ1) is 8.52. The fourth-order valence-electron chi connectivity index (χ4n) is 2.24. The molecule has 1 atom stereocenters. The van der Waals surface area contributed by atoms with Crippen LogP contribution in [0.25, 0.3) is 0 Å². The van der Waals surface area contributed by atoms with Crippen molar-refractivity contribution in [3.63, 3.8) is 0 Å². The predicted octanol–water partition coefficient (Wildman–Crippen LogP) is 1.92. The molecule has 0 aliphatic carbocycles. The predicted molar refractivity (Wildman–Crippen MR) is 64.5 cm³/mol. The van der Waals surface area contributed by atoms with Crippen molar-refractivity contribution in [1.82, 2.24) is 4.90 Å². The molecule has 0 aromatic heterocycles. The second kappa shape index (κ2) is 4.64. The number of likely N-dealkylation sites (tertiary alicyclic amines) is 1. The molecule has 1 heterocycles. The highest BCUT2D eigenvalue weighted by Gasteiger charge is 2.29. The molecule has 96 valence electrons. The lowest BCUT2D eigenvalue weighted by atomic mass is 10.1. The fourth-order valence-corrected chi connectivity index (χ4v) is 2.24. The summed E-state index contributed by atoms with van der Waals surface area (Å²) < 4.78 is 0. The summed E-state index contributed by atoms with van der Waals surface area (Å²) in [6, 6.07) is 4.11. The molecule has 1 aliphatic rings. The number of carbonyl (C=O) groups is 1. The van der Waals surface area contributed by atoms with E-state index in [1.165, 1.54) is 18.2 Å². The topological polar surface area (TPSA) is 83.7 Å². The van der Waals surface area contributed by atoms with E-state index in [1.807, 2.05) is 6.92 Å². The molecule has 18 heavy (non-hydrogen) atoms. The van der Waals surface area contributed by atoms with Crippen molar-refractivity contribution in [3.8, 4) is 5.75 Å². The normalized spacial score (nSPS) is 18.9. The van der Waals surface area contributed by atoms with Crippen LogP contribution < -0.4 is 0 Å². The Kier molecular flexibility index (Phi) is 3.18. The van der Waals surface area contributed by atoms with Crippen LogP contribution >= 0.6 is 0 Å². The summed E-state index contributed by atoms with van der Waals surface area (Å²) in [4.78, 5) is 23.8. The highest BCUT2D eigenvalue weighted by molar-refractivity contribution is 5.98. The largest absolute Gasteiger partial charge is 0.502 e. The number of amides is 1. The highest BCUT2D eigenvalue weighted by Crippen LogP contribution is 2.31. The molecule has 6 heteroatoms. The van der Waals surface area contributed by atoms with Crippen LogP contribution in [0.3, 0.4) is 0 Å². The lowest BCUT2D eigenvalue weighted by Gasteiger charge is -2.21. The van der Waals surface area contributed by atoms with E-state index in [1.54, 1.807) is 4.90 Å². The van der Waals surface area contributed by atoms with Gasteiger partial charge >= 0.3 is 5.69 Å².